The molecule has 0 aromatic heterocycles. The van der Waals surface area contributed by atoms with Crippen LogP contribution in [0.15, 0.2) is 0 Å². The number of ether oxygens (including phenoxy) is 1. The molecule has 0 aliphatic carbocycles. The van der Waals surface area contributed by atoms with E-state index in [1.165, 1.54) is 4.90 Å². The average Bonchev–Trinajstić information content (AvgIpc) is 2.29. The molecule has 0 aromatic rings. The minimum absolute atomic E-state index is 0.0832. The van der Waals surface area contributed by atoms with Crippen LogP contribution in [-0.2, 0) is 9.53 Å². The molecule has 2 amide bonds. The van der Waals surface area contributed by atoms with Crippen molar-refractivity contribution in [2.45, 2.75) is 36.7 Å². The largest absolute Gasteiger partial charge is 0.443 e. The van der Waals surface area contributed by atoms with Crippen LogP contribution in [0, 0.1) is 0 Å². The first-order chi connectivity index (χ1) is 6.31. The van der Waals surface area contributed by atoms with Gasteiger partial charge in [-0.15, -0.1) is 0 Å². The Morgan fingerprint density at radius 3 is 2.50 bits per heavy atom. The van der Waals surface area contributed by atoms with E-state index >= 15 is 0 Å². The molecule has 0 radical (unpaired) electrons. The minimum Gasteiger partial charge on any atom is -0.443 e. The Kier molecular flexibility index (Phi) is 3.39. The number of hydrogen-bond acceptors (Lipinski definition) is 3. The van der Waals surface area contributed by atoms with E-state index in [2.05, 4.69) is 0 Å². The van der Waals surface area contributed by atoms with E-state index in [-0.39, 0.29) is 9.83 Å². The Labute approximate surface area is 97.1 Å². The fourth-order valence-corrected chi connectivity index (χ4v) is 1.76. The summed E-state index contributed by atoms with van der Waals surface area (Å²) in [6.45, 7) is 5.83. The number of hydrogen-bond donors (Lipinski definition) is 0. The van der Waals surface area contributed by atoms with E-state index in [1.807, 2.05) is 22.6 Å². The number of carbonyl (C=O) groups is 2. The molecule has 4 nitrogen and oxygen atoms in total. The molecule has 1 atom stereocenters. The van der Waals surface area contributed by atoms with Crippen LogP contribution in [0.25, 0.3) is 0 Å². The van der Waals surface area contributed by atoms with Crippen molar-refractivity contribution in [3.63, 3.8) is 0 Å². The SMILES string of the molecule is CC(C)(C)OC(=O)N1CCC(I)C1=O. The van der Waals surface area contributed by atoms with E-state index in [1.54, 1.807) is 20.8 Å². The highest BCUT2D eigenvalue weighted by atomic mass is 127. The van der Waals surface area contributed by atoms with Crippen molar-refractivity contribution in [2.24, 2.45) is 0 Å². The van der Waals surface area contributed by atoms with E-state index < -0.39 is 11.7 Å². The number of nitrogens with zero attached hydrogens (tertiary/aromatic N) is 1. The van der Waals surface area contributed by atoms with Gasteiger partial charge in [-0.1, -0.05) is 22.6 Å². The van der Waals surface area contributed by atoms with Crippen LogP contribution in [0.3, 0.4) is 0 Å². The first-order valence-corrected chi connectivity index (χ1v) is 5.74. The highest BCUT2D eigenvalue weighted by Crippen LogP contribution is 2.21. The van der Waals surface area contributed by atoms with Crippen molar-refractivity contribution >= 4 is 34.6 Å². The third-order valence-corrected chi connectivity index (χ3v) is 2.91. The molecule has 1 aliphatic heterocycles. The van der Waals surface area contributed by atoms with Gasteiger partial charge in [-0.3, -0.25) is 4.79 Å². The molecule has 0 bridgehead atoms. The summed E-state index contributed by atoms with van der Waals surface area (Å²) in [6, 6.07) is 0. The maximum Gasteiger partial charge on any atom is 0.417 e. The zero-order valence-electron chi connectivity index (χ0n) is 8.54. The zero-order valence-corrected chi connectivity index (χ0v) is 10.7. The Morgan fingerprint density at radius 1 is 1.57 bits per heavy atom. The van der Waals surface area contributed by atoms with Crippen molar-refractivity contribution < 1.29 is 14.3 Å². The van der Waals surface area contributed by atoms with Crippen LogP contribution in [0.2, 0.25) is 0 Å². The van der Waals surface area contributed by atoms with Crippen LogP contribution in [0.1, 0.15) is 27.2 Å². The highest BCUT2D eigenvalue weighted by Gasteiger charge is 2.36. The van der Waals surface area contributed by atoms with Gasteiger partial charge in [0, 0.05) is 6.54 Å². The molecule has 1 heterocycles. The molecule has 1 aliphatic rings. The summed E-state index contributed by atoms with van der Waals surface area (Å²) < 4.78 is 5.02. The molecule has 80 valence electrons. The number of carbonyl (C=O) groups excluding carboxylic acids is 2. The standard InChI is InChI=1S/C9H14INO3/c1-9(2,3)14-8(13)11-5-4-6(10)7(11)12/h6H,4-5H2,1-3H3. The van der Waals surface area contributed by atoms with Crippen LogP contribution < -0.4 is 0 Å². The number of alkyl halides is 1. The average molecular weight is 311 g/mol. The molecule has 1 rings (SSSR count). The van der Waals surface area contributed by atoms with E-state index in [0.717, 1.165) is 6.42 Å². The number of imide groups is 1. The number of likely N-dealkylation sites (tertiary alicyclic amines) is 1. The fourth-order valence-electron chi connectivity index (χ4n) is 1.14. The van der Waals surface area contributed by atoms with E-state index in [0.29, 0.717) is 6.54 Å². The summed E-state index contributed by atoms with van der Waals surface area (Å²) in [4.78, 5) is 24.1. The maximum absolute atomic E-state index is 11.5. The van der Waals surface area contributed by atoms with Crippen LogP contribution in [0.4, 0.5) is 4.79 Å². The quantitative estimate of drug-likeness (QED) is 0.507. The number of amides is 2. The third kappa shape index (κ3) is 2.83. The second kappa shape index (κ2) is 4.04. The summed E-state index contributed by atoms with van der Waals surface area (Å²) in [7, 11) is 0. The lowest BCUT2D eigenvalue weighted by molar-refractivity contribution is -0.126. The Balaban J connectivity index is 2.59. The Hall–Kier alpha value is -0.330. The number of rotatable bonds is 0. The molecule has 1 saturated heterocycles. The normalized spacial score (nSPS) is 22.7. The molecular formula is C9H14INO3. The summed E-state index contributed by atoms with van der Waals surface area (Å²) in [5.41, 5.74) is -0.541. The van der Waals surface area contributed by atoms with Gasteiger partial charge in [-0.25, -0.2) is 9.69 Å². The molecule has 0 N–H and O–H groups in total. The summed E-state index contributed by atoms with van der Waals surface area (Å²) in [5.74, 6) is -0.139. The first-order valence-electron chi connectivity index (χ1n) is 4.50. The highest BCUT2D eigenvalue weighted by molar-refractivity contribution is 14.1. The molecule has 0 saturated carbocycles. The van der Waals surface area contributed by atoms with E-state index in [9.17, 15) is 9.59 Å². The Bertz CT molecular complexity index is 259. The second-order valence-electron chi connectivity index (χ2n) is 4.23. The zero-order chi connectivity index (χ0) is 10.9. The monoisotopic (exact) mass is 311 g/mol. The van der Waals surface area contributed by atoms with Crippen LogP contribution in [0.5, 0.6) is 0 Å². The van der Waals surface area contributed by atoms with Gasteiger partial charge in [0.2, 0.25) is 5.91 Å². The summed E-state index contributed by atoms with van der Waals surface area (Å²) in [5, 5.41) is 0. The molecule has 14 heavy (non-hydrogen) atoms. The van der Waals surface area contributed by atoms with Gasteiger partial charge in [0.1, 0.15) is 5.60 Å². The van der Waals surface area contributed by atoms with Crippen molar-refractivity contribution in [1.29, 1.82) is 0 Å². The van der Waals surface area contributed by atoms with Gasteiger partial charge >= 0.3 is 6.09 Å². The Morgan fingerprint density at radius 2 is 2.14 bits per heavy atom. The van der Waals surface area contributed by atoms with Crippen molar-refractivity contribution in [3.05, 3.63) is 0 Å². The predicted molar refractivity (Wildman–Crippen MR) is 60.4 cm³/mol. The van der Waals surface area contributed by atoms with Crippen LogP contribution in [-0.4, -0.2) is 33.0 Å². The smallest absolute Gasteiger partial charge is 0.417 e. The molecule has 5 heteroatoms. The minimum atomic E-state index is -0.541. The summed E-state index contributed by atoms with van der Waals surface area (Å²) >= 11 is 2.04. The van der Waals surface area contributed by atoms with Gasteiger partial charge in [0.05, 0.1) is 3.92 Å². The lowest BCUT2D eigenvalue weighted by Crippen LogP contribution is -2.38. The lowest BCUT2D eigenvalue weighted by atomic mass is 10.2. The third-order valence-electron chi connectivity index (χ3n) is 1.75. The fraction of sp³-hybridized carbons (Fsp3) is 0.778. The molecule has 1 unspecified atom stereocenters. The van der Waals surface area contributed by atoms with Gasteiger partial charge in [0.15, 0.2) is 0 Å². The van der Waals surface area contributed by atoms with Crippen molar-refractivity contribution in [1.82, 2.24) is 4.90 Å². The van der Waals surface area contributed by atoms with Gasteiger partial charge < -0.3 is 4.74 Å². The van der Waals surface area contributed by atoms with Crippen molar-refractivity contribution in [2.75, 3.05) is 6.54 Å². The maximum atomic E-state index is 11.5. The second-order valence-corrected chi connectivity index (χ2v) is 5.73. The number of halogens is 1. The van der Waals surface area contributed by atoms with Crippen LogP contribution >= 0.6 is 22.6 Å². The van der Waals surface area contributed by atoms with Gasteiger partial charge in [-0.05, 0) is 27.2 Å². The molecule has 0 spiro atoms. The van der Waals surface area contributed by atoms with Gasteiger partial charge in [0.25, 0.3) is 0 Å². The summed E-state index contributed by atoms with van der Waals surface area (Å²) in [6.07, 6.45) is 0.195. The first kappa shape index (κ1) is 11.7. The molecular weight excluding hydrogens is 297 g/mol. The lowest BCUT2D eigenvalue weighted by Gasteiger charge is -2.23. The molecule has 0 aromatic carbocycles. The van der Waals surface area contributed by atoms with E-state index in [4.69, 9.17) is 4.74 Å². The van der Waals surface area contributed by atoms with Gasteiger partial charge in [-0.2, -0.15) is 0 Å². The topological polar surface area (TPSA) is 46.6 Å². The van der Waals surface area contributed by atoms with Crippen molar-refractivity contribution in [3.8, 4) is 0 Å². The molecule has 1 fully saturated rings. The predicted octanol–water partition coefficient (Wildman–Crippen LogP) is 1.96.